The van der Waals surface area contributed by atoms with Gasteiger partial charge in [-0.15, -0.1) is 0 Å². The lowest BCUT2D eigenvalue weighted by Gasteiger charge is -2.36. The molecule has 1 aromatic rings. The second kappa shape index (κ2) is 7.94. The average Bonchev–Trinajstić information content (AvgIpc) is 2.68. The molecule has 144 valence electrons. The quantitative estimate of drug-likeness (QED) is 0.759. The fourth-order valence-electron chi connectivity index (χ4n) is 3.61. The van der Waals surface area contributed by atoms with Crippen molar-refractivity contribution in [3.05, 3.63) is 24.3 Å². The van der Waals surface area contributed by atoms with E-state index in [1.165, 1.54) is 9.21 Å². The molecule has 0 bridgehead atoms. The van der Waals surface area contributed by atoms with Gasteiger partial charge in [0.1, 0.15) is 5.75 Å². The second-order valence-electron chi connectivity index (χ2n) is 7.14. The van der Waals surface area contributed by atoms with Gasteiger partial charge in [0.25, 0.3) is 0 Å². The van der Waals surface area contributed by atoms with Crippen LogP contribution in [0.5, 0.6) is 5.75 Å². The number of hydrogen-bond donors (Lipinski definition) is 1. The van der Waals surface area contributed by atoms with Crippen LogP contribution in [0.1, 0.15) is 12.8 Å². The van der Waals surface area contributed by atoms with E-state index in [1.54, 1.807) is 31.4 Å². The number of benzene rings is 1. The Kier molecular flexibility index (Phi) is 5.84. The smallest absolute Gasteiger partial charge is 0.243 e. The molecule has 2 saturated heterocycles. The highest BCUT2D eigenvalue weighted by molar-refractivity contribution is 7.89. The standard InChI is InChI=1S/C18H27N3O4S/c1-19-11-13-20(14-12-19)18(22)15-7-9-21(10-8-15)26(23,24)17-5-3-16(25-2)4-6-17/h3-6,15H,7-14H2,1-2H3/p+1. The molecule has 0 atom stereocenters. The van der Waals surface area contributed by atoms with Gasteiger partial charge in [-0.1, -0.05) is 0 Å². The van der Waals surface area contributed by atoms with Crippen LogP contribution in [0.4, 0.5) is 0 Å². The Labute approximate surface area is 155 Å². The Morgan fingerprint density at radius 3 is 2.19 bits per heavy atom. The fraction of sp³-hybridized carbons (Fsp3) is 0.611. The van der Waals surface area contributed by atoms with Crippen LogP contribution < -0.4 is 9.64 Å². The summed E-state index contributed by atoms with van der Waals surface area (Å²) in [4.78, 5) is 16.4. The summed E-state index contributed by atoms with van der Waals surface area (Å²) in [5.41, 5.74) is 0. The highest BCUT2D eigenvalue weighted by Gasteiger charge is 2.34. The van der Waals surface area contributed by atoms with Crippen LogP contribution in [0, 0.1) is 5.92 Å². The molecule has 0 spiro atoms. The molecule has 2 heterocycles. The van der Waals surface area contributed by atoms with Crippen LogP contribution >= 0.6 is 0 Å². The van der Waals surface area contributed by atoms with Crippen molar-refractivity contribution in [1.29, 1.82) is 0 Å². The van der Waals surface area contributed by atoms with Gasteiger partial charge in [-0.05, 0) is 37.1 Å². The summed E-state index contributed by atoms with van der Waals surface area (Å²) in [5, 5.41) is 0. The maximum Gasteiger partial charge on any atom is 0.243 e. The number of nitrogens with zero attached hydrogens (tertiary/aromatic N) is 2. The predicted molar refractivity (Wildman–Crippen MR) is 97.7 cm³/mol. The molecular weight excluding hydrogens is 354 g/mol. The van der Waals surface area contributed by atoms with Gasteiger partial charge < -0.3 is 14.5 Å². The summed E-state index contributed by atoms with van der Waals surface area (Å²) in [6.07, 6.45) is 1.18. The number of quaternary nitrogens is 1. The summed E-state index contributed by atoms with van der Waals surface area (Å²) in [6.45, 7) is 4.35. The number of rotatable bonds is 4. The molecule has 7 nitrogen and oxygen atoms in total. The van der Waals surface area contributed by atoms with Crippen LogP contribution in [0.25, 0.3) is 0 Å². The molecule has 1 amide bonds. The van der Waals surface area contributed by atoms with Crippen molar-refractivity contribution in [2.75, 3.05) is 53.4 Å². The Balaban J connectivity index is 1.59. The van der Waals surface area contributed by atoms with Crippen LogP contribution in [-0.4, -0.2) is 77.0 Å². The van der Waals surface area contributed by atoms with E-state index in [2.05, 4.69) is 7.05 Å². The number of hydrogen-bond acceptors (Lipinski definition) is 4. The van der Waals surface area contributed by atoms with Crippen molar-refractivity contribution >= 4 is 15.9 Å². The third-order valence-electron chi connectivity index (χ3n) is 5.43. The third kappa shape index (κ3) is 4.02. The number of methoxy groups -OCH3 is 1. The largest absolute Gasteiger partial charge is 0.497 e. The lowest BCUT2D eigenvalue weighted by molar-refractivity contribution is -0.883. The Bertz CT molecular complexity index is 719. The van der Waals surface area contributed by atoms with E-state index in [0.717, 1.165) is 26.2 Å². The van der Waals surface area contributed by atoms with Crippen molar-refractivity contribution < 1.29 is 22.8 Å². The number of piperidine rings is 1. The molecule has 8 heteroatoms. The van der Waals surface area contributed by atoms with E-state index >= 15 is 0 Å². The first-order valence-corrected chi connectivity index (χ1v) is 10.6. The summed E-state index contributed by atoms with van der Waals surface area (Å²) < 4.78 is 32.1. The Hall–Kier alpha value is -1.64. The first-order valence-electron chi connectivity index (χ1n) is 9.16. The number of nitrogens with one attached hydrogen (secondary N) is 1. The van der Waals surface area contributed by atoms with Gasteiger partial charge in [0.05, 0.1) is 45.2 Å². The lowest BCUT2D eigenvalue weighted by atomic mass is 9.96. The minimum atomic E-state index is -3.52. The van der Waals surface area contributed by atoms with E-state index in [9.17, 15) is 13.2 Å². The predicted octanol–water partition coefficient (Wildman–Crippen LogP) is -0.547. The van der Waals surface area contributed by atoms with Crippen LogP contribution in [0.3, 0.4) is 0 Å². The van der Waals surface area contributed by atoms with Crippen molar-refractivity contribution in [1.82, 2.24) is 9.21 Å². The maximum atomic E-state index is 12.8. The number of sulfonamides is 1. The summed E-state index contributed by atoms with van der Waals surface area (Å²) >= 11 is 0. The molecule has 0 unspecified atom stereocenters. The van der Waals surface area contributed by atoms with Gasteiger partial charge in [0, 0.05) is 19.0 Å². The van der Waals surface area contributed by atoms with E-state index in [0.29, 0.717) is 31.7 Å². The molecule has 3 rings (SSSR count). The molecule has 0 saturated carbocycles. The van der Waals surface area contributed by atoms with E-state index < -0.39 is 10.0 Å². The zero-order chi connectivity index (χ0) is 18.7. The van der Waals surface area contributed by atoms with Gasteiger partial charge in [-0.2, -0.15) is 4.31 Å². The first-order chi connectivity index (χ1) is 12.4. The maximum absolute atomic E-state index is 12.8. The fourth-order valence-corrected chi connectivity index (χ4v) is 5.08. The zero-order valence-corrected chi connectivity index (χ0v) is 16.3. The van der Waals surface area contributed by atoms with Gasteiger partial charge in [0.15, 0.2) is 0 Å². The van der Waals surface area contributed by atoms with Crippen LogP contribution in [0.15, 0.2) is 29.2 Å². The minimum Gasteiger partial charge on any atom is -0.497 e. The van der Waals surface area contributed by atoms with Crippen molar-refractivity contribution in [2.24, 2.45) is 5.92 Å². The molecule has 2 fully saturated rings. The second-order valence-corrected chi connectivity index (χ2v) is 9.07. The van der Waals surface area contributed by atoms with Crippen LogP contribution in [-0.2, 0) is 14.8 Å². The number of piperazine rings is 1. The summed E-state index contributed by atoms with van der Waals surface area (Å²) in [5.74, 6) is 0.761. The average molecular weight is 383 g/mol. The minimum absolute atomic E-state index is 0.0595. The topological polar surface area (TPSA) is 71.4 Å². The van der Waals surface area contributed by atoms with Gasteiger partial charge in [0.2, 0.25) is 15.9 Å². The third-order valence-corrected chi connectivity index (χ3v) is 7.34. The van der Waals surface area contributed by atoms with Gasteiger partial charge in [-0.25, -0.2) is 8.42 Å². The summed E-state index contributed by atoms with van der Waals surface area (Å²) in [6, 6.07) is 6.44. The van der Waals surface area contributed by atoms with Crippen LogP contribution in [0.2, 0.25) is 0 Å². The molecule has 0 aromatic heterocycles. The van der Waals surface area contributed by atoms with Crippen molar-refractivity contribution in [2.45, 2.75) is 17.7 Å². The highest BCUT2D eigenvalue weighted by atomic mass is 32.2. The molecule has 2 aliphatic heterocycles. The zero-order valence-electron chi connectivity index (χ0n) is 15.5. The lowest BCUT2D eigenvalue weighted by Crippen LogP contribution is -3.12. The molecular formula is C18H28N3O4S+. The summed E-state index contributed by atoms with van der Waals surface area (Å²) in [7, 11) is 0.173. The number of carbonyl (C=O) groups is 1. The van der Waals surface area contributed by atoms with Gasteiger partial charge >= 0.3 is 0 Å². The molecule has 1 N–H and O–H groups in total. The molecule has 2 aliphatic rings. The SMILES string of the molecule is COc1ccc(S(=O)(=O)N2CCC(C(=O)N3CC[NH+](C)CC3)CC2)cc1. The van der Waals surface area contributed by atoms with E-state index in [-0.39, 0.29) is 16.7 Å². The molecule has 26 heavy (non-hydrogen) atoms. The Morgan fingerprint density at radius 2 is 1.65 bits per heavy atom. The van der Waals surface area contributed by atoms with Crippen molar-refractivity contribution in [3.63, 3.8) is 0 Å². The number of carbonyl (C=O) groups excluding carboxylic acids is 1. The van der Waals surface area contributed by atoms with E-state index in [4.69, 9.17) is 4.74 Å². The van der Waals surface area contributed by atoms with E-state index in [1.807, 2.05) is 4.90 Å². The normalized spacial score (nSPS) is 20.9. The molecule has 1 aromatic carbocycles. The molecule has 0 aliphatic carbocycles. The number of amides is 1. The number of likely N-dealkylation sites (N-methyl/N-ethyl adjacent to an activating group) is 1. The molecule has 0 radical (unpaired) electrons. The monoisotopic (exact) mass is 382 g/mol. The first kappa shape index (κ1) is 19.1. The van der Waals surface area contributed by atoms with Gasteiger partial charge in [-0.3, -0.25) is 4.79 Å². The number of ether oxygens (including phenoxy) is 1. The Morgan fingerprint density at radius 1 is 1.08 bits per heavy atom. The van der Waals surface area contributed by atoms with Crippen molar-refractivity contribution in [3.8, 4) is 5.75 Å². The highest BCUT2D eigenvalue weighted by Crippen LogP contribution is 2.26.